The van der Waals surface area contributed by atoms with E-state index in [-0.39, 0.29) is 42.6 Å². The number of benzene rings is 2. The van der Waals surface area contributed by atoms with Crippen LogP contribution in [0.5, 0.6) is 0 Å². The molecule has 2 aliphatic heterocycles. The summed E-state index contributed by atoms with van der Waals surface area (Å²) in [7, 11) is 1.64. The summed E-state index contributed by atoms with van der Waals surface area (Å²) < 4.78 is 90.8. The van der Waals surface area contributed by atoms with E-state index in [4.69, 9.17) is 9.47 Å². The average molecular weight is 510 g/mol. The third-order valence-corrected chi connectivity index (χ3v) is 6.65. The Morgan fingerprint density at radius 1 is 0.941 bits per heavy atom. The number of rotatable bonds is 6. The first kappa shape index (κ1) is 26.8. The van der Waals surface area contributed by atoms with Crippen LogP contribution in [-0.2, 0) is 34.0 Å². The molecule has 0 aromatic heterocycles. The van der Waals surface area contributed by atoms with E-state index in [1.165, 1.54) is 0 Å². The monoisotopic (exact) mass is 509 g/mol. The maximum Gasteiger partial charge on any atom is 0.416 e. The number of alkyl halides is 6. The van der Waals surface area contributed by atoms with Gasteiger partial charge in [0.1, 0.15) is 0 Å². The number of hydrogen-bond acceptors (Lipinski definition) is 3. The number of fused-ring (bicyclic) bond motifs is 2. The fraction of sp³-hybridized carbons (Fsp3) is 0.500. The van der Waals surface area contributed by atoms with Gasteiger partial charge < -0.3 is 14.8 Å². The summed E-state index contributed by atoms with van der Waals surface area (Å²) >= 11 is 0. The van der Waals surface area contributed by atoms with Crippen molar-refractivity contribution in [3.8, 4) is 0 Å². The number of ether oxygens (including phenoxy) is 2. The van der Waals surface area contributed by atoms with Gasteiger partial charge >= 0.3 is 12.4 Å². The molecule has 4 atom stereocenters. The highest BCUT2D eigenvalue weighted by molar-refractivity contribution is 5.85. The fourth-order valence-electron chi connectivity index (χ4n) is 5.21. The minimum absolute atomic E-state index is 0. The van der Waals surface area contributed by atoms with Gasteiger partial charge in [-0.15, -0.1) is 12.4 Å². The Balaban J connectivity index is 0.00000324. The van der Waals surface area contributed by atoms with E-state index in [9.17, 15) is 26.3 Å². The van der Waals surface area contributed by atoms with Gasteiger partial charge in [-0.25, -0.2) is 0 Å². The Hall–Kier alpha value is -1.81. The zero-order valence-electron chi connectivity index (χ0n) is 18.4. The molecule has 0 spiro atoms. The van der Waals surface area contributed by atoms with Crippen LogP contribution >= 0.6 is 12.4 Å². The quantitative estimate of drug-likeness (QED) is 0.461. The summed E-state index contributed by atoms with van der Waals surface area (Å²) in [5.74, 6) is 0.231. The molecule has 2 aliphatic rings. The Morgan fingerprint density at radius 3 is 2.12 bits per heavy atom. The van der Waals surface area contributed by atoms with Crippen LogP contribution in [0.3, 0.4) is 0 Å². The molecule has 4 unspecified atom stereocenters. The Kier molecular flexibility index (Phi) is 7.92. The molecule has 0 amide bonds. The van der Waals surface area contributed by atoms with Gasteiger partial charge in [0.25, 0.3) is 0 Å². The highest BCUT2D eigenvalue weighted by Gasteiger charge is 2.54. The first-order chi connectivity index (χ1) is 15.5. The predicted molar refractivity (Wildman–Crippen MR) is 117 cm³/mol. The van der Waals surface area contributed by atoms with Gasteiger partial charge in [0.15, 0.2) is 0 Å². The van der Waals surface area contributed by atoms with Crippen LogP contribution in [0.4, 0.5) is 26.3 Å². The largest absolute Gasteiger partial charge is 0.416 e. The Labute approximate surface area is 200 Å². The number of halogens is 7. The lowest BCUT2D eigenvalue weighted by molar-refractivity contribution is -0.143. The number of nitrogens with one attached hydrogen (secondary N) is 1. The first-order valence-corrected chi connectivity index (χ1v) is 10.7. The molecule has 188 valence electrons. The second-order valence-corrected chi connectivity index (χ2v) is 8.80. The second-order valence-electron chi connectivity index (χ2n) is 8.80. The summed E-state index contributed by atoms with van der Waals surface area (Å²) in [5.41, 5.74) is -2.43. The second kappa shape index (κ2) is 10.0. The van der Waals surface area contributed by atoms with Crippen molar-refractivity contribution in [3.05, 3.63) is 70.8 Å². The molecule has 34 heavy (non-hydrogen) atoms. The summed E-state index contributed by atoms with van der Waals surface area (Å²) in [4.78, 5) is 0. The normalized spacial score (nSPS) is 26.9. The minimum atomic E-state index is -4.89. The standard InChI is InChI=1S/C24H25F6NO2.ClH/c1-32-14-16-12-22(17-5-3-2-4-6-17)21(8-7-20(16)31-22)33-13-15-9-18(23(25,26)27)11-19(10-15)24(28,29)30;/h2-6,9-11,16,20-21,31H,7-8,12-14H2,1H3;1H. The van der Waals surface area contributed by atoms with E-state index < -0.39 is 35.1 Å². The molecular formula is C24H26ClF6NO2. The van der Waals surface area contributed by atoms with Crippen molar-refractivity contribution in [1.82, 2.24) is 5.32 Å². The summed E-state index contributed by atoms with van der Waals surface area (Å²) in [6, 6.07) is 11.4. The van der Waals surface area contributed by atoms with Crippen LogP contribution in [-0.4, -0.2) is 25.9 Å². The van der Waals surface area contributed by atoms with Gasteiger partial charge in [-0.1, -0.05) is 30.3 Å². The van der Waals surface area contributed by atoms with Gasteiger partial charge in [-0.05, 0) is 54.5 Å². The van der Waals surface area contributed by atoms with E-state index in [1.807, 2.05) is 30.3 Å². The smallest absolute Gasteiger partial charge is 0.384 e. The van der Waals surface area contributed by atoms with Gasteiger partial charge in [-0.3, -0.25) is 0 Å². The van der Waals surface area contributed by atoms with E-state index in [2.05, 4.69) is 5.32 Å². The van der Waals surface area contributed by atoms with Gasteiger partial charge in [0.2, 0.25) is 0 Å². The van der Waals surface area contributed by atoms with Crippen LogP contribution in [0.25, 0.3) is 0 Å². The SMILES string of the molecule is COCC1CC2(c3ccccc3)NC1CCC2OCc1cc(C(F)(F)F)cc(C(F)(F)F)c1.Cl. The maximum absolute atomic E-state index is 13.2. The number of piperidine rings is 1. The molecular weight excluding hydrogens is 484 g/mol. The molecule has 2 aromatic rings. The lowest BCUT2D eigenvalue weighted by Crippen LogP contribution is -2.54. The van der Waals surface area contributed by atoms with Gasteiger partial charge in [0, 0.05) is 13.2 Å². The third-order valence-electron chi connectivity index (χ3n) is 6.65. The van der Waals surface area contributed by atoms with Crippen molar-refractivity contribution in [2.45, 2.75) is 55.9 Å². The summed E-state index contributed by atoms with van der Waals surface area (Å²) in [6.07, 6.45) is -8.07. The van der Waals surface area contributed by atoms with E-state index in [0.717, 1.165) is 24.1 Å². The first-order valence-electron chi connectivity index (χ1n) is 10.7. The third kappa shape index (κ3) is 5.37. The molecule has 2 fully saturated rings. The molecule has 2 bridgehead atoms. The van der Waals surface area contributed by atoms with Crippen molar-refractivity contribution in [1.29, 1.82) is 0 Å². The molecule has 2 heterocycles. The lowest BCUT2D eigenvalue weighted by Gasteiger charge is -2.42. The predicted octanol–water partition coefficient (Wildman–Crippen LogP) is 6.35. The fourth-order valence-corrected chi connectivity index (χ4v) is 5.21. The Morgan fingerprint density at radius 2 is 1.56 bits per heavy atom. The maximum atomic E-state index is 13.2. The molecule has 10 heteroatoms. The van der Waals surface area contributed by atoms with Gasteiger partial charge in [-0.2, -0.15) is 26.3 Å². The molecule has 2 saturated heterocycles. The van der Waals surface area contributed by atoms with Crippen LogP contribution < -0.4 is 5.32 Å². The molecule has 2 aromatic carbocycles. The Bertz CT molecular complexity index is 936. The zero-order valence-corrected chi connectivity index (χ0v) is 19.2. The van der Waals surface area contributed by atoms with Crippen molar-refractivity contribution in [2.75, 3.05) is 13.7 Å². The van der Waals surface area contributed by atoms with Crippen molar-refractivity contribution in [3.63, 3.8) is 0 Å². The van der Waals surface area contributed by atoms with Crippen molar-refractivity contribution < 1.29 is 35.8 Å². The molecule has 1 N–H and O–H groups in total. The van der Waals surface area contributed by atoms with Crippen molar-refractivity contribution >= 4 is 12.4 Å². The molecule has 0 saturated carbocycles. The molecule has 0 aliphatic carbocycles. The molecule has 4 rings (SSSR count). The van der Waals surface area contributed by atoms with E-state index >= 15 is 0 Å². The average Bonchev–Trinajstić information content (AvgIpc) is 3.06. The topological polar surface area (TPSA) is 30.5 Å². The van der Waals surface area contributed by atoms with E-state index in [1.54, 1.807) is 7.11 Å². The van der Waals surface area contributed by atoms with Crippen molar-refractivity contribution in [2.24, 2.45) is 5.92 Å². The van der Waals surface area contributed by atoms with Crippen LogP contribution in [0.1, 0.15) is 41.5 Å². The molecule has 3 nitrogen and oxygen atoms in total. The van der Waals surface area contributed by atoms with Crippen LogP contribution in [0.15, 0.2) is 48.5 Å². The zero-order chi connectivity index (χ0) is 23.9. The van der Waals surface area contributed by atoms with E-state index in [0.29, 0.717) is 19.4 Å². The van der Waals surface area contributed by atoms with Crippen LogP contribution in [0, 0.1) is 5.92 Å². The lowest BCUT2D eigenvalue weighted by atomic mass is 9.80. The molecule has 0 radical (unpaired) electrons. The minimum Gasteiger partial charge on any atom is -0.384 e. The highest BCUT2D eigenvalue weighted by Crippen LogP contribution is 2.47. The number of methoxy groups -OCH3 is 1. The van der Waals surface area contributed by atoms with Crippen LogP contribution in [0.2, 0.25) is 0 Å². The number of hydrogen-bond donors (Lipinski definition) is 1. The highest BCUT2D eigenvalue weighted by atomic mass is 35.5. The summed E-state index contributed by atoms with van der Waals surface area (Å²) in [5, 5.41) is 3.65. The van der Waals surface area contributed by atoms with Gasteiger partial charge in [0.05, 0.1) is 36.0 Å². The summed E-state index contributed by atoms with van der Waals surface area (Å²) in [6.45, 7) is 0.203.